The Morgan fingerprint density at radius 2 is 2.29 bits per heavy atom. The molecule has 1 rings (SSSR count). The highest BCUT2D eigenvalue weighted by Gasteiger charge is 2.35. The van der Waals surface area contributed by atoms with E-state index in [1.807, 2.05) is 6.08 Å². The second-order valence-electron chi connectivity index (χ2n) is 4.35. The molecule has 14 heavy (non-hydrogen) atoms. The third-order valence-electron chi connectivity index (χ3n) is 2.69. The Kier molecular flexibility index (Phi) is 4.03. The molecule has 0 radical (unpaired) electrons. The standard InChI is InChI=1S/C10H16BrClO2/c1-10(2)4-6(8(14)5-12)7(13)3-9(10)11/h4,7-9,13-14H,3,5H2,1-2H3. The maximum Gasteiger partial charge on any atom is 0.0910 e. The van der Waals surface area contributed by atoms with Gasteiger partial charge >= 0.3 is 0 Å². The zero-order chi connectivity index (χ0) is 10.9. The average Bonchev–Trinajstić information content (AvgIpc) is 2.10. The summed E-state index contributed by atoms with van der Waals surface area (Å²) in [4.78, 5) is 0.233. The van der Waals surface area contributed by atoms with E-state index in [9.17, 15) is 10.2 Å². The SMILES string of the molecule is CC1(C)C=C(C(O)CCl)C(O)CC1Br. The van der Waals surface area contributed by atoms with Crippen LogP contribution in [0.4, 0.5) is 0 Å². The summed E-state index contributed by atoms with van der Waals surface area (Å²) >= 11 is 9.10. The molecule has 0 aromatic heterocycles. The Bertz CT molecular complexity index is 240. The molecule has 0 aliphatic heterocycles. The van der Waals surface area contributed by atoms with Crippen LogP contribution in [0, 0.1) is 5.41 Å². The van der Waals surface area contributed by atoms with Crippen molar-refractivity contribution in [2.24, 2.45) is 5.41 Å². The highest BCUT2D eigenvalue weighted by Crippen LogP contribution is 2.39. The van der Waals surface area contributed by atoms with E-state index in [0.29, 0.717) is 12.0 Å². The van der Waals surface area contributed by atoms with Crippen LogP contribution in [0.5, 0.6) is 0 Å². The fourth-order valence-corrected chi connectivity index (χ4v) is 2.32. The van der Waals surface area contributed by atoms with E-state index in [0.717, 1.165) is 0 Å². The van der Waals surface area contributed by atoms with Crippen LogP contribution in [0.25, 0.3) is 0 Å². The summed E-state index contributed by atoms with van der Waals surface area (Å²) in [5.41, 5.74) is 0.599. The quantitative estimate of drug-likeness (QED) is 0.602. The molecular formula is C10H16BrClO2. The van der Waals surface area contributed by atoms with Gasteiger partial charge in [-0.05, 0) is 17.4 Å². The average molecular weight is 284 g/mol. The summed E-state index contributed by atoms with van der Waals surface area (Å²) in [6.07, 6.45) is 1.23. The molecule has 0 heterocycles. The number of hydrogen-bond acceptors (Lipinski definition) is 2. The van der Waals surface area contributed by atoms with Crippen molar-refractivity contribution in [1.82, 2.24) is 0 Å². The summed E-state index contributed by atoms with van der Waals surface area (Å²) < 4.78 is 0. The van der Waals surface area contributed by atoms with Gasteiger partial charge in [-0.25, -0.2) is 0 Å². The van der Waals surface area contributed by atoms with E-state index in [-0.39, 0.29) is 16.1 Å². The second-order valence-corrected chi connectivity index (χ2v) is 5.77. The first-order chi connectivity index (χ1) is 6.38. The molecule has 0 saturated heterocycles. The Morgan fingerprint density at radius 1 is 1.71 bits per heavy atom. The topological polar surface area (TPSA) is 40.5 Å². The predicted molar refractivity (Wildman–Crippen MR) is 61.9 cm³/mol. The first-order valence-corrected chi connectivity index (χ1v) is 6.12. The van der Waals surface area contributed by atoms with E-state index >= 15 is 0 Å². The molecule has 0 aromatic carbocycles. The van der Waals surface area contributed by atoms with E-state index in [1.54, 1.807) is 0 Å². The van der Waals surface area contributed by atoms with Crippen LogP contribution in [0.15, 0.2) is 11.6 Å². The molecule has 0 fully saturated rings. The molecule has 0 bridgehead atoms. The van der Waals surface area contributed by atoms with Crippen molar-refractivity contribution >= 4 is 27.5 Å². The molecular weight excluding hydrogens is 267 g/mol. The molecule has 0 amide bonds. The zero-order valence-corrected chi connectivity index (χ0v) is 10.7. The third-order valence-corrected chi connectivity index (χ3v) is 4.54. The molecule has 0 saturated carbocycles. The van der Waals surface area contributed by atoms with Crippen molar-refractivity contribution in [1.29, 1.82) is 0 Å². The molecule has 0 spiro atoms. The number of aliphatic hydroxyl groups excluding tert-OH is 2. The molecule has 82 valence electrons. The highest BCUT2D eigenvalue weighted by atomic mass is 79.9. The van der Waals surface area contributed by atoms with Crippen LogP contribution in [0.2, 0.25) is 0 Å². The third kappa shape index (κ3) is 2.51. The summed E-state index contributed by atoms with van der Waals surface area (Å²) in [6, 6.07) is 0. The van der Waals surface area contributed by atoms with Crippen LogP contribution in [-0.4, -0.2) is 33.1 Å². The lowest BCUT2D eigenvalue weighted by atomic mass is 9.77. The number of hydrogen-bond donors (Lipinski definition) is 2. The van der Waals surface area contributed by atoms with Crippen molar-refractivity contribution in [2.45, 2.75) is 37.3 Å². The Hall–Kier alpha value is 0.430. The van der Waals surface area contributed by atoms with Crippen molar-refractivity contribution in [3.8, 4) is 0 Å². The monoisotopic (exact) mass is 282 g/mol. The highest BCUT2D eigenvalue weighted by molar-refractivity contribution is 9.09. The zero-order valence-electron chi connectivity index (χ0n) is 8.37. The largest absolute Gasteiger partial charge is 0.389 e. The Morgan fingerprint density at radius 3 is 2.79 bits per heavy atom. The minimum atomic E-state index is -0.731. The van der Waals surface area contributed by atoms with Crippen LogP contribution in [0.1, 0.15) is 20.3 Å². The van der Waals surface area contributed by atoms with E-state index in [2.05, 4.69) is 29.8 Å². The van der Waals surface area contributed by atoms with Gasteiger partial charge in [0.15, 0.2) is 0 Å². The summed E-state index contributed by atoms with van der Waals surface area (Å²) in [6.45, 7) is 4.14. The first kappa shape index (κ1) is 12.5. The van der Waals surface area contributed by atoms with Crippen LogP contribution in [0.3, 0.4) is 0 Å². The Labute approximate surface area is 98.1 Å². The molecule has 1 aliphatic carbocycles. The van der Waals surface area contributed by atoms with Gasteiger partial charge in [0.25, 0.3) is 0 Å². The fourth-order valence-electron chi connectivity index (χ4n) is 1.66. The molecule has 4 heteroatoms. The fraction of sp³-hybridized carbons (Fsp3) is 0.800. The molecule has 2 N–H and O–H groups in total. The summed E-state index contributed by atoms with van der Waals surface area (Å²) in [5, 5.41) is 19.4. The van der Waals surface area contributed by atoms with Gasteiger partial charge in [0, 0.05) is 4.83 Å². The van der Waals surface area contributed by atoms with Crippen molar-refractivity contribution < 1.29 is 10.2 Å². The molecule has 0 aromatic rings. The van der Waals surface area contributed by atoms with Gasteiger partial charge in [-0.2, -0.15) is 0 Å². The number of allylic oxidation sites excluding steroid dienone is 1. The molecule has 1 aliphatic rings. The van der Waals surface area contributed by atoms with Crippen LogP contribution < -0.4 is 0 Å². The number of rotatable bonds is 2. The van der Waals surface area contributed by atoms with Gasteiger partial charge in [0.2, 0.25) is 0 Å². The lowest BCUT2D eigenvalue weighted by molar-refractivity contribution is 0.127. The number of aliphatic hydroxyl groups is 2. The molecule has 3 atom stereocenters. The predicted octanol–water partition coefficient (Wildman–Crippen LogP) is 2.07. The number of alkyl halides is 2. The summed E-state index contributed by atoms with van der Waals surface area (Å²) in [5.74, 6) is 0.131. The van der Waals surface area contributed by atoms with Gasteiger partial charge in [0.1, 0.15) is 0 Å². The minimum absolute atomic E-state index is 0.0540. The summed E-state index contributed by atoms with van der Waals surface area (Å²) in [7, 11) is 0. The molecule has 3 unspecified atom stereocenters. The van der Waals surface area contributed by atoms with Gasteiger partial charge in [-0.1, -0.05) is 35.9 Å². The van der Waals surface area contributed by atoms with Gasteiger partial charge in [-0.15, -0.1) is 11.6 Å². The number of halogens is 2. The smallest absolute Gasteiger partial charge is 0.0910 e. The van der Waals surface area contributed by atoms with Gasteiger partial charge < -0.3 is 10.2 Å². The molecule has 2 nitrogen and oxygen atoms in total. The van der Waals surface area contributed by atoms with Crippen molar-refractivity contribution in [3.05, 3.63) is 11.6 Å². The first-order valence-electron chi connectivity index (χ1n) is 4.67. The van der Waals surface area contributed by atoms with Gasteiger partial charge in [0.05, 0.1) is 18.1 Å². The maximum absolute atomic E-state index is 9.76. The normalized spacial score (nSPS) is 33.7. The minimum Gasteiger partial charge on any atom is -0.389 e. The van der Waals surface area contributed by atoms with Gasteiger partial charge in [-0.3, -0.25) is 0 Å². The lowest BCUT2D eigenvalue weighted by Gasteiger charge is -2.37. The maximum atomic E-state index is 9.76. The van der Waals surface area contributed by atoms with Crippen molar-refractivity contribution in [2.75, 3.05) is 5.88 Å². The van der Waals surface area contributed by atoms with E-state index in [1.165, 1.54) is 0 Å². The van der Waals surface area contributed by atoms with E-state index < -0.39 is 12.2 Å². The Balaban J connectivity index is 2.93. The van der Waals surface area contributed by atoms with Crippen molar-refractivity contribution in [3.63, 3.8) is 0 Å². The lowest BCUT2D eigenvalue weighted by Crippen LogP contribution is -2.37. The van der Waals surface area contributed by atoms with Crippen LogP contribution in [-0.2, 0) is 0 Å². The second kappa shape index (κ2) is 4.52. The van der Waals surface area contributed by atoms with Crippen LogP contribution >= 0.6 is 27.5 Å². The van der Waals surface area contributed by atoms with E-state index in [4.69, 9.17) is 11.6 Å².